The first kappa shape index (κ1) is 15.6. The largest absolute Gasteiger partial charge is 0.314 e. The molecule has 112 valence electrons. The van der Waals surface area contributed by atoms with Crippen LogP contribution in [0.25, 0.3) is 0 Å². The van der Waals surface area contributed by atoms with Crippen LogP contribution in [0.3, 0.4) is 0 Å². The van der Waals surface area contributed by atoms with Crippen LogP contribution < -0.4 is 5.32 Å². The van der Waals surface area contributed by atoms with Crippen molar-refractivity contribution in [3.63, 3.8) is 0 Å². The van der Waals surface area contributed by atoms with Crippen LogP contribution in [-0.2, 0) is 19.3 Å². The number of fused-ring (bicyclic) bond motifs is 1. The summed E-state index contributed by atoms with van der Waals surface area (Å²) in [5.41, 5.74) is 4.75. The van der Waals surface area contributed by atoms with Gasteiger partial charge in [0.15, 0.2) is 0 Å². The van der Waals surface area contributed by atoms with Gasteiger partial charge in [0.1, 0.15) is 0 Å². The molecule has 0 fully saturated rings. The van der Waals surface area contributed by atoms with Gasteiger partial charge < -0.3 is 5.32 Å². The van der Waals surface area contributed by atoms with E-state index in [1.807, 2.05) is 0 Å². The fraction of sp³-hybridized carbons (Fsp3) is 0.684. The van der Waals surface area contributed by atoms with Crippen LogP contribution >= 0.6 is 0 Å². The van der Waals surface area contributed by atoms with E-state index in [-0.39, 0.29) is 0 Å². The fourth-order valence-electron chi connectivity index (χ4n) is 3.30. The Labute approximate surface area is 125 Å². The summed E-state index contributed by atoms with van der Waals surface area (Å²) in [5.74, 6) is 0. The predicted octanol–water partition coefficient (Wildman–Crippen LogP) is 4.67. The minimum absolute atomic E-state index is 0.668. The standard InChI is InChI=1S/C19H31N/c1-3-5-6-10-19(20-13-4-2)15-16-11-12-17-8-7-9-18(17)14-16/h11-12,14,19-20H,3-10,13,15H2,1-2H3. The van der Waals surface area contributed by atoms with E-state index in [4.69, 9.17) is 0 Å². The average Bonchev–Trinajstić information content (AvgIpc) is 2.92. The van der Waals surface area contributed by atoms with Crippen LogP contribution in [0, 0.1) is 0 Å². The summed E-state index contributed by atoms with van der Waals surface area (Å²) < 4.78 is 0. The summed E-state index contributed by atoms with van der Waals surface area (Å²) >= 11 is 0. The molecule has 1 N–H and O–H groups in total. The molecule has 1 aliphatic rings. The van der Waals surface area contributed by atoms with E-state index in [1.165, 1.54) is 63.4 Å². The van der Waals surface area contributed by atoms with Crippen LogP contribution in [-0.4, -0.2) is 12.6 Å². The van der Waals surface area contributed by atoms with E-state index in [2.05, 4.69) is 37.4 Å². The molecule has 1 heteroatoms. The van der Waals surface area contributed by atoms with Crippen LogP contribution in [0.5, 0.6) is 0 Å². The molecular weight excluding hydrogens is 242 g/mol. The van der Waals surface area contributed by atoms with E-state index >= 15 is 0 Å². The van der Waals surface area contributed by atoms with E-state index in [0.717, 1.165) is 6.54 Å². The number of unbranched alkanes of at least 4 members (excludes halogenated alkanes) is 2. The van der Waals surface area contributed by atoms with Gasteiger partial charge in [-0.25, -0.2) is 0 Å². The smallest absolute Gasteiger partial charge is 0.0107 e. The highest BCUT2D eigenvalue weighted by molar-refractivity contribution is 5.35. The fourth-order valence-corrected chi connectivity index (χ4v) is 3.30. The van der Waals surface area contributed by atoms with Crippen molar-refractivity contribution >= 4 is 0 Å². The normalized spacial score (nSPS) is 15.3. The lowest BCUT2D eigenvalue weighted by molar-refractivity contribution is 0.456. The number of benzene rings is 1. The summed E-state index contributed by atoms with van der Waals surface area (Å²) in [5, 5.41) is 3.74. The Kier molecular flexibility index (Phi) is 6.59. The summed E-state index contributed by atoms with van der Waals surface area (Å²) in [6.07, 6.45) is 11.8. The minimum Gasteiger partial charge on any atom is -0.314 e. The topological polar surface area (TPSA) is 12.0 Å². The highest BCUT2D eigenvalue weighted by Gasteiger charge is 2.13. The van der Waals surface area contributed by atoms with Crippen LogP contribution in [0.1, 0.15) is 69.1 Å². The van der Waals surface area contributed by atoms with E-state index in [9.17, 15) is 0 Å². The second kappa shape index (κ2) is 8.46. The minimum atomic E-state index is 0.668. The lowest BCUT2D eigenvalue weighted by atomic mass is 9.97. The molecule has 1 aromatic rings. The van der Waals surface area contributed by atoms with Crippen molar-refractivity contribution in [2.24, 2.45) is 0 Å². The van der Waals surface area contributed by atoms with Crippen molar-refractivity contribution in [1.82, 2.24) is 5.32 Å². The molecule has 0 aliphatic heterocycles. The van der Waals surface area contributed by atoms with Crippen molar-refractivity contribution in [1.29, 1.82) is 0 Å². The van der Waals surface area contributed by atoms with E-state index in [0.29, 0.717) is 6.04 Å². The molecule has 0 spiro atoms. The van der Waals surface area contributed by atoms with Gasteiger partial charge in [-0.15, -0.1) is 0 Å². The van der Waals surface area contributed by atoms with E-state index in [1.54, 1.807) is 11.1 Å². The molecule has 0 bridgehead atoms. The van der Waals surface area contributed by atoms with Gasteiger partial charge in [-0.1, -0.05) is 51.3 Å². The van der Waals surface area contributed by atoms with Gasteiger partial charge in [0.25, 0.3) is 0 Å². The van der Waals surface area contributed by atoms with Crippen molar-refractivity contribution < 1.29 is 0 Å². The molecule has 1 unspecified atom stereocenters. The van der Waals surface area contributed by atoms with Crippen molar-refractivity contribution in [3.8, 4) is 0 Å². The SMILES string of the molecule is CCCCCC(Cc1ccc2c(c1)CCC2)NCCC. The Bertz CT molecular complexity index is 397. The van der Waals surface area contributed by atoms with Gasteiger partial charge >= 0.3 is 0 Å². The first-order chi connectivity index (χ1) is 9.83. The third-order valence-electron chi connectivity index (χ3n) is 4.48. The number of nitrogens with one attached hydrogen (secondary N) is 1. The molecule has 0 heterocycles. The Balaban J connectivity index is 1.91. The number of hydrogen-bond donors (Lipinski definition) is 1. The third kappa shape index (κ3) is 4.63. The lowest BCUT2D eigenvalue weighted by Gasteiger charge is -2.19. The van der Waals surface area contributed by atoms with Crippen LogP contribution in [0.4, 0.5) is 0 Å². The second-order valence-corrected chi connectivity index (χ2v) is 6.31. The molecule has 0 saturated carbocycles. The van der Waals surface area contributed by atoms with Gasteiger partial charge in [0.2, 0.25) is 0 Å². The zero-order chi connectivity index (χ0) is 14.2. The Morgan fingerprint density at radius 2 is 1.90 bits per heavy atom. The van der Waals surface area contributed by atoms with Gasteiger partial charge in [0, 0.05) is 6.04 Å². The van der Waals surface area contributed by atoms with Gasteiger partial charge in [0.05, 0.1) is 0 Å². The van der Waals surface area contributed by atoms with E-state index < -0.39 is 0 Å². The molecule has 1 aliphatic carbocycles. The molecule has 1 nitrogen and oxygen atoms in total. The van der Waals surface area contributed by atoms with Crippen molar-refractivity contribution in [2.45, 2.75) is 77.7 Å². The molecule has 0 aromatic heterocycles. The zero-order valence-corrected chi connectivity index (χ0v) is 13.4. The van der Waals surface area contributed by atoms with Crippen molar-refractivity contribution in [3.05, 3.63) is 34.9 Å². The van der Waals surface area contributed by atoms with Gasteiger partial charge in [-0.05, 0) is 61.8 Å². The zero-order valence-electron chi connectivity index (χ0n) is 13.4. The quantitative estimate of drug-likeness (QED) is 0.645. The number of rotatable bonds is 9. The summed E-state index contributed by atoms with van der Waals surface area (Å²) in [4.78, 5) is 0. The molecule has 1 aromatic carbocycles. The third-order valence-corrected chi connectivity index (χ3v) is 4.48. The molecule has 0 radical (unpaired) electrons. The van der Waals surface area contributed by atoms with Gasteiger partial charge in [-0.2, -0.15) is 0 Å². The lowest BCUT2D eigenvalue weighted by Crippen LogP contribution is -2.31. The first-order valence-electron chi connectivity index (χ1n) is 8.67. The molecule has 1 atom stereocenters. The Morgan fingerprint density at radius 1 is 1.05 bits per heavy atom. The Hall–Kier alpha value is -0.820. The molecular formula is C19H31N. The predicted molar refractivity (Wildman–Crippen MR) is 88.4 cm³/mol. The molecule has 0 saturated heterocycles. The molecule has 2 rings (SSSR count). The summed E-state index contributed by atoms with van der Waals surface area (Å²) in [6, 6.07) is 7.88. The second-order valence-electron chi connectivity index (χ2n) is 6.31. The Morgan fingerprint density at radius 3 is 2.70 bits per heavy atom. The van der Waals surface area contributed by atoms with Crippen LogP contribution in [0.2, 0.25) is 0 Å². The first-order valence-corrected chi connectivity index (χ1v) is 8.67. The molecule has 20 heavy (non-hydrogen) atoms. The van der Waals surface area contributed by atoms with Crippen molar-refractivity contribution in [2.75, 3.05) is 6.54 Å². The highest BCUT2D eigenvalue weighted by atomic mass is 14.9. The summed E-state index contributed by atoms with van der Waals surface area (Å²) in [6.45, 7) is 5.70. The monoisotopic (exact) mass is 273 g/mol. The average molecular weight is 273 g/mol. The summed E-state index contributed by atoms with van der Waals surface area (Å²) in [7, 11) is 0. The maximum atomic E-state index is 3.74. The maximum absolute atomic E-state index is 3.74. The van der Waals surface area contributed by atoms with Gasteiger partial charge in [-0.3, -0.25) is 0 Å². The van der Waals surface area contributed by atoms with Crippen LogP contribution in [0.15, 0.2) is 18.2 Å². The maximum Gasteiger partial charge on any atom is 0.0107 e. The number of hydrogen-bond acceptors (Lipinski definition) is 1. The highest BCUT2D eigenvalue weighted by Crippen LogP contribution is 2.23. The number of aryl methyl sites for hydroxylation is 2. The molecule has 0 amide bonds.